The second-order valence-corrected chi connectivity index (χ2v) is 6.87. The van der Waals surface area contributed by atoms with Crippen LogP contribution in [0.2, 0.25) is 5.15 Å². The summed E-state index contributed by atoms with van der Waals surface area (Å²) in [7, 11) is 1.51. The van der Waals surface area contributed by atoms with Crippen LogP contribution in [-0.2, 0) is 0 Å². The fourth-order valence-electron chi connectivity index (χ4n) is 2.33. The molecule has 1 N–H and O–H groups in total. The van der Waals surface area contributed by atoms with E-state index < -0.39 is 5.91 Å². The standard InChI is InChI=1S/C16H11ClN5O3S.Li/c1-8-3-9(10-4-13(17)19-6-12(10)25-2)11(5-18-8)15(24)20-16-22-21-14(7-23)26-16;/h3-6H,1-2H3,(H,20,22,24);. The molecule has 8 nitrogen and oxygen atoms in total. The SMILES string of the molecule is [Li][C](=O)c1nnc(NC(=O)c2cnc(C)cc2-c2cc(Cl)ncc2OC)s1. The van der Waals surface area contributed by atoms with Crippen LogP contribution in [0.1, 0.15) is 25.9 Å². The molecule has 132 valence electrons. The van der Waals surface area contributed by atoms with Crippen molar-refractivity contribution < 1.29 is 14.3 Å². The fourth-order valence-corrected chi connectivity index (χ4v) is 3.13. The summed E-state index contributed by atoms with van der Waals surface area (Å²) in [6.07, 6.45) is 2.94. The number of carbonyl (C=O) groups excluding carboxylic acids is 2. The monoisotopic (exact) mass is 395 g/mol. The van der Waals surface area contributed by atoms with Crippen molar-refractivity contribution in [3.63, 3.8) is 0 Å². The Kier molecular flexibility index (Phi) is 5.87. The van der Waals surface area contributed by atoms with Gasteiger partial charge in [0.1, 0.15) is 0 Å². The second kappa shape index (κ2) is 8.15. The molecule has 0 bridgehead atoms. The van der Waals surface area contributed by atoms with Crippen molar-refractivity contribution >= 4 is 56.1 Å². The zero-order valence-electron chi connectivity index (χ0n) is 14.6. The summed E-state index contributed by atoms with van der Waals surface area (Å²) in [5.74, 6) is 0.0209. The van der Waals surface area contributed by atoms with E-state index in [2.05, 4.69) is 25.5 Å². The van der Waals surface area contributed by atoms with E-state index in [1.807, 2.05) is 6.92 Å². The number of methoxy groups -OCH3 is 1. The van der Waals surface area contributed by atoms with E-state index in [9.17, 15) is 9.59 Å². The topological polar surface area (TPSA) is 107 Å². The van der Waals surface area contributed by atoms with Crippen molar-refractivity contribution in [2.45, 2.75) is 6.92 Å². The molecule has 0 aliphatic heterocycles. The van der Waals surface area contributed by atoms with Gasteiger partial charge in [0.05, 0.1) is 0 Å². The van der Waals surface area contributed by atoms with Gasteiger partial charge in [0, 0.05) is 0 Å². The van der Waals surface area contributed by atoms with Gasteiger partial charge in [-0.1, -0.05) is 0 Å². The van der Waals surface area contributed by atoms with Crippen molar-refractivity contribution in [3.8, 4) is 16.9 Å². The minimum absolute atomic E-state index is 0.218. The molecule has 3 rings (SSSR count). The van der Waals surface area contributed by atoms with Crippen molar-refractivity contribution in [1.82, 2.24) is 20.2 Å². The van der Waals surface area contributed by atoms with Gasteiger partial charge in [-0.25, -0.2) is 0 Å². The number of carbonyl (C=O) groups is 2. The molecule has 3 aromatic heterocycles. The molecule has 0 saturated carbocycles. The number of aromatic nitrogens is 4. The van der Waals surface area contributed by atoms with Crippen molar-refractivity contribution in [2.24, 2.45) is 0 Å². The Balaban J connectivity index is 2.02. The Labute approximate surface area is 172 Å². The van der Waals surface area contributed by atoms with Crippen LogP contribution in [0.15, 0.2) is 24.5 Å². The van der Waals surface area contributed by atoms with Gasteiger partial charge >= 0.3 is 173 Å². The predicted octanol–water partition coefficient (Wildman–Crippen LogP) is 2.53. The van der Waals surface area contributed by atoms with Gasteiger partial charge in [-0.2, -0.15) is 0 Å². The number of anilines is 1. The van der Waals surface area contributed by atoms with Crippen LogP contribution in [0, 0.1) is 6.92 Å². The molecule has 0 atom stereocenters. The van der Waals surface area contributed by atoms with E-state index in [0.29, 0.717) is 28.1 Å². The van der Waals surface area contributed by atoms with Gasteiger partial charge in [-0.05, 0) is 0 Å². The Morgan fingerprint density at radius 3 is 2.63 bits per heavy atom. The molecule has 3 aromatic rings. The fraction of sp³-hybridized carbons (Fsp3) is 0.125. The molecule has 11 heteroatoms. The van der Waals surface area contributed by atoms with Gasteiger partial charge in [-0.15, -0.1) is 0 Å². The van der Waals surface area contributed by atoms with Crippen LogP contribution >= 0.6 is 22.9 Å². The van der Waals surface area contributed by atoms with Crippen molar-refractivity contribution in [1.29, 1.82) is 0 Å². The molecule has 3 heterocycles. The molecule has 1 amide bonds. The summed E-state index contributed by atoms with van der Waals surface area (Å²) >= 11 is 8.41. The number of nitrogens with one attached hydrogen (secondary N) is 1. The summed E-state index contributed by atoms with van der Waals surface area (Å²) in [4.78, 5) is 32.3. The number of hydrogen-bond acceptors (Lipinski definition) is 8. The summed E-state index contributed by atoms with van der Waals surface area (Å²) in [6, 6.07) is 3.37. The summed E-state index contributed by atoms with van der Waals surface area (Å²) in [5, 5.41) is 10.9. The van der Waals surface area contributed by atoms with Gasteiger partial charge in [0.2, 0.25) is 0 Å². The zero-order valence-corrected chi connectivity index (χ0v) is 16.2. The van der Waals surface area contributed by atoms with E-state index in [-0.39, 0.29) is 19.7 Å². The average molecular weight is 396 g/mol. The number of pyridine rings is 2. The number of rotatable bonds is 5. The first kappa shape index (κ1) is 19.4. The molecule has 0 aliphatic rings. The molecule has 0 aromatic carbocycles. The quantitative estimate of drug-likeness (QED) is 0.522. The molecule has 0 saturated heterocycles. The van der Waals surface area contributed by atoms with Gasteiger partial charge < -0.3 is 0 Å². The third-order valence-electron chi connectivity index (χ3n) is 3.58. The van der Waals surface area contributed by atoms with Gasteiger partial charge in [0.15, 0.2) is 0 Å². The van der Waals surface area contributed by atoms with Crippen LogP contribution in [0.5, 0.6) is 5.75 Å². The number of hydrogen-bond donors (Lipinski definition) is 1. The Morgan fingerprint density at radius 2 is 1.96 bits per heavy atom. The Bertz CT molecular complexity index is 1040. The third kappa shape index (κ3) is 4.34. The van der Waals surface area contributed by atoms with E-state index in [1.165, 1.54) is 37.2 Å². The van der Waals surface area contributed by atoms with Crippen molar-refractivity contribution in [3.05, 3.63) is 45.9 Å². The molecule has 0 fully saturated rings. The normalized spacial score (nSPS) is 10.6. The summed E-state index contributed by atoms with van der Waals surface area (Å²) in [6.45, 7) is 1.81. The maximum absolute atomic E-state index is 12.8. The van der Waals surface area contributed by atoms with Crippen molar-refractivity contribution in [2.75, 3.05) is 12.4 Å². The van der Waals surface area contributed by atoms with E-state index in [1.54, 1.807) is 12.1 Å². The number of ether oxygens (including phenoxy) is 1. The summed E-state index contributed by atoms with van der Waals surface area (Å²) < 4.78 is 5.13. The predicted molar refractivity (Wildman–Crippen MR) is 102 cm³/mol. The van der Waals surface area contributed by atoms with E-state index >= 15 is 0 Å². The molecule has 0 unspecified atom stereocenters. The molecular weight excluding hydrogens is 385 g/mol. The van der Waals surface area contributed by atoms with E-state index in [4.69, 9.17) is 16.3 Å². The van der Waals surface area contributed by atoms with Gasteiger partial charge in [-0.3, -0.25) is 0 Å². The number of nitrogens with zero attached hydrogens (tertiary/aromatic N) is 4. The first-order valence-corrected chi connectivity index (χ1v) is 8.91. The minimum atomic E-state index is -0.446. The second-order valence-electron chi connectivity index (χ2n) is 5.50. The number of aryl methyl sites for hydroxylation is 1. The maximum atomic E-state index is 12.8. The molecule has 0 aliphatic carbocycles. The van der Waals surface area contributed by atoms with Crippen LogP contribution in [0.4, 0.5) is 5.13 Å². The van der Waals surface area contributed by atoms with Gasteiger partial charge in [0.25, 0.3) is 0 Å². The average Bonchev–Trinajstić information content (AvgIpc) is 3.10. The Hall–Kier alpha value is -2.31. The first-order chi connectivity index (χ1) is 12.9. The van der Waals surface area contributed by atoms with Crippen LogP contribution < -0.4 is 10.1 Å². The molecule has 0 radical (unpaired) electrons. The Morgan fingerprint density at radius 1 is 1.19 bits per heavy atom. The van der Waals surface area contributed by atoms with Crippen LogP contribution in [0.25, 0.3) is 11.1 Å². The number of halogens is 1. The van der Waals surface area contributed by atoms with Crippen LogP contribution in [-0.4, -0.2) is 55.4 Å². The molecular formula is C16H11ClLiN5O3S. The van der Waals surface area contributed by atoms with Crippen LogP contribution in [0.3, 0.4) is 0 Å². The molecule has 27 heavy (non-hydrogen) atoms. The van der Waals surface area contributed by atoms with E-state index in [0.717, 1.165) is 11.3 Å². The zero-order chi connectivity index (χ0) is 19.6. The summed E-state index contributed by atoms with van der Waals surface area (Å²) in [5.41, 5.74) is 2.19. The molecule has 0 spiro atoms. The number of amides is 1. The third-order valence-corrected chi connectivity index (χ3v) is 4.72. The first-order valence-electron chi connectivity index (χ1n) is 7.71.